The van der Waals surface area contributed by atoms with Crippen LogP contribution >= 0.6 is 0 Å². The summed E-state index contributed by atoms with van der Waals surface area (Å²) in [7, 11) is 0. The first-order valence-electron chi connectivity index (χ1n) is 7.22. The van der Waals surface area contributed by atoms with Gasteiger partial charge in [0.15, 0.2) is 6.61 Å². The van der Waals surface area contributed by atoms with Gasteiger partial charge in [-0.15, -0.1) is 0 Å². The number of benzene rings is 2. The van der Waals surface area contributed by atoms with E-state index in [1.54, 1.807) is 29.2 Å². The van der Waals surface area contributed by atoms with Gasteiger partial charge in [0.05, 0.1) is 11.6 Å². The van der Waals surface area contributed by atoms with Crippen molar-refractivity contribution in [1.29, 1.82) is 5.26 Å². The van der Waals surface area contributed by atoms with Crippen LogP contribution in [0, 0.1) is 11.3 Å². The van der Waals surface area contributed by atoms with Crippen LogP contribution in [0.1, 0.15) is 18.1 Å². The van der Waals surface area contributed by atoms with E-state index in [-0.39, 0.29) is 18.6 Å². The summed E-state index contributed by atoms with van der Waals surface area (Å²) in [6.45, 7) is 2.00. The molecule has 2 aromatic rings. The lowest BCUT2D eigenvalue weighted by Crippen LogP contribution is -2.39. The smallest absolute Gasteiger partial charge is 0.265 e. The van der Waals surface area contributed by atoms with Crippen molar-refractivity contribution in [3.8, 4) is 11.8 Å². The van der Waals surface area contributed by atoms with Crippen molar-refractivity contribution in [3.05, 3.63) is 59.7 Å². The summed E-state index contributed by atoms with van der Waals surface area (Å²) < 4.78 is 5.54. The Morgan fingerprint density at radius 1 is 1.32 bits per heavy atom. The maximum Gasteiger partial charge on any atom is 0.265 e. The highest BCUT2D eigenvalue weighted by atomic mass is 16.5. The molecule has 0 spiro atoms. The lowest BCUT2D eigenvalue weighted by atomic mass is 10.1. The van der Waals surface area contributed by atoms with E-state index < -0.39 is 0 Å². The molecule has 0 aliphatic carbocycles. The van der Waals surface area contributed by atoms with E-state index >= 15 is 0 Å². The van der Waals surface area contributed by atoms with Crippen LogP contribution in [-0.2, 0) is 11.2 Å². The normalized spacial score (nSPS) is 16.0. The Morgan fingerprint density at radius 3 is 2.95 bits per heavy atom. The molecule has 0 aromatic heterocycles. The maximum absolute atomic E-state index is 12.5. The molecule has 22 heavy (non-hydrogen) atoms. The van der Waals surface area contributed by atoms with Gasteiger partial charge in [0.1, 0.15) is 5.75 Å². The Bertz CT molecular complexity index is 749. The van der Waals surface area contributed by atoms with E-state index in [0.717, 1.165) is 12.1 Å². The van der Waals surface area contributed by atoms with Crippen LogP contribution in [0.4, 0.5) is 5.69 Å². The predicted octanol–water partition coefficient (Wildman–Crippen LogP) is 2.91. The third-order valence-electron chi connectivity index (χ3n) is 3.80. The number of hydrogen-bond donors (Lipinski definition) is 0. The molecular weight excluding hydrogens is 276 g/mol. The minimum Gasteiger partial charge on any atom is -0.484 e. The summed E-state index contributed by atoms with van der Waals surface area (Å²) in [5.74, 6) is 0.465. The summed E-state index contributed by atoms with van der Waals surface area (Å²) in [6, 6.07) is 17.0. The summed E-state index contributed by atoms with van der Waals surface area (Å²) >= 11 is 0. The second-order valence-corrected chi connectivity index (χ2v) is 5.37. The zero-order valence-electron chi connectivity index (χ0n) is 12.3. The van der Waals surface area contributed by atoms with Gasteiger partial charge in [0.2, 0.25) is 0 Å². The Morgan fingerprint density at radius 2 is 2.14 bits per heavy atom. The van der Waals surface area contributed by atoms with Crippen molar-refractivity contribution >= 4 is 11.6 Å². The van der Waals surface area contributed by atoms with Gasteiger partial charge >= 0.3 is 0 Å². The lowest BCUT2D eigenvalue weighted by Gasteiger charge is -2.22. The number of anilines is 1. The third-order valence-corrected chi connectivity index (χ3v) is 3.80. The fourth-order valence-electron chi connectivity index (χ4n) is 2.82. The molecule has 0 N–H and O–H groups in total. The quantitative estimate of drug-likeness (QED) is 0.874. The van der Waals surface area contributed by atoms with Gasteiger partial charge in [-0.1, -0.05) is 24.3 Å². The van der Waals surface area contributed by atoms with Gasteiger partial charge in [0.25, 0.3) is 5.91 Å². The molecule has 1 aliphatic heterocycles. The molecule has 0 radical (unpaired) electrons. The zero-order chi connectivity index (χ0) is 15.5. The Kier molecular flexibility index (Phi) is 3.80. The van der Waals surface area contributed by atoms with Gasteiger partial charge in [-0.2, -0.15) is 5.26 Å². The molecule has 110 valence electrons. The molecule has 1 atom stereocenters. The molecule has 0 fully saturated rings. The number of carbonyl (C=O) groups is 1. The topological polar surface area (TPSA) is 53.3 Å². The van der Waals surface area contributed by atoms with Crippen LogP contribution in [0.3, 0.4) is 0 Å². The predicted molar refractivity (Wildman–Crippen MR) is 83.7 cm³/mol. The minimum atomic E-state index is -0.0696. The number of amides is 1. The molecule has 4 nitrogen and oxygen atoms in total. The van der Waals surface area contributed by atoms with Crippen molar-refractivity contribution in [1.82, 2.24) is 0 Å². The first kappa shape index (κ1) is 14.2. The van der Waals surface area contributed by atoms with E-state index in [1.165, 1.54) is 5.56 Å². The largest absolute Gasteiger partial charge is 0.484 e. The standard InChI is InChI=1S/C18H16N2O2/c1-13-9-15-6-2-3-8-17(15)20(13)18(21)12-22-16-7-4-5-14(10-16)11-19/h2-8,10,13H,9,12H2,1H3. The highest BCUT2D eigenvalue weighted by Gasteiger charge is 2.30. The average Bonchev–Trinajstić information content (AvgIpc) is 2.88. The monoisotopic (exact) mass is 292 g/mol. The number of nitrogens with zero attached hydrogens (tertiary/aromatic N) is 2. The summed E-state index contributed by atoms with van der Waals surface area (Å²) in [6.07, 6.45) is 0.867. The number of fused-ring (bicyclic) bond motifs is 1. The molecule has 1 amide bonds. The molecular formula is C18H16N2O2. The second-order valence-electron chi connectivity index (χ2n) is 5.37. The molecule has 2 aromatic carbocycles. The SMILES string of the molecule is CC1Cc2ccccc2N1C(=O)COc1cccc(C#N)c1. The van der Waals surface area contributed by atoms with E-state index in [0.29, 0.717) is 11.3 Å². The first-order chi connectivity index (χ1) is 10.7. The Hall–Kier alpha value is -2.80. The lowest BCUT2D eigenvalue weighted by molar-refractivity contribution is -0.120. The molecule has 0 bridgehead atoms. The van der Waals surface area contributed by atoms with Crippen molar-refractivity contribution in [3.63, 3.8) is 0 Å². The minimum absolute atomic E-state index is 0.0342. The third kappa shape index (κ3) is 2.66. The van der Waals surface area contributed by atoms with Crippen LogP contribution in [0.5, 0.6) is 5.75 Å². The summed E-state index contributed by atoms with van der Waals surface area (Å²) in [5, 5.41) is 8.88. The molecule has 4 heteroatoms. The van der Waals surface area contributed by atoms with Crippen LogP contribution in [-0.4, -0.2) is 18.6 Å². The number of carbonyl (C=O) groups excluding carboxylic acids is 1. The molecule has 1 unspecified atom stereocenters. The molecule has 1 aliphatic rings. The Labute approximate surface area is 129 Å². The van der Waals surface area contributed by atoms with Crippen LogP contribution in [0.25, 0.3) is 0 Å². The number of rotatable bonds is 3. The molecule has 1 heterocycles. The second kappa shape index (κ2) is 5.90. The van der Waals surface area contributed by atoms with E-state index in [4.69, 9.17) is 10.00 Å². The van der Waals surface area contributed by atoms with Gasteiger partial charge in [0, 0.05) is 11.7 Å². The number of ether oxygens (including phenoxy) is 1. The van der Waals surface area contributed by atoms with E-state index in [2.05, 4.69) is 12.1 Å². The molecule has 0 saturated carbocycles. The Balaban J connectivity index is 1.71. The molecule has 0 saturated heterocycles. The maximum atomic E-state index is 12.5. The van der Waals surface area contributed by atoms with Crippen LogP contribution in [0.2, 0.25) is 0 Å². The highest BCUT2D eigenvalue weighted by Crippen LogP contribution is 2.31. The molecule has 3 rings (SSSR count). The van der Waals surface area contributed by atoms with Crippen molar-refractivity contribution in [2.24, 2.45) is 0 Å². The van der Waals surface area contributed by atoms with Crippen LogP contribution < -0.4 is 9.64 Å². The average molecular weight is 292 g/mol. The fourth-order valence-corrected chi connectivity index (χ4v) is 2.82. The van der Waals surface area contributed by atoms with E-state index in [9.17, 15) is 4.79 Å². The van der Waals surface area contributed by atoms with Crippen molar-refractivity contribution in [2.75, 3.05) is 11.5 Å². The van der Waals surface area contributed by atoms with Crippen molar-refractivity contribution < 1.29 is 9.53 Å². The summed E-state index contributed by atoms with van der Waals surface area (Å²) in [4.78, 5) is 14.3. The van der Waals surface area contributed by atoms with Gasteiger partial charge in [-0.25, -0.2) is 0 Å². The highest BCUT2D eigenvalue weighted by molar-refractivity contribution is 5.97. The number of nitriles is 1. The first-order valence-corrected chi connectivity index (χ1v) is 7.22. The number of para-hydroxylation sites is 1. The van der Waals surface area contributed by atoms with Gasteiger partial charge < -0.3 is 9.64 Å². The fraction of sp³-hybridized carbons (Fsp3) is 0.222. The summed E-state index contributed by atoms with van der Waals surface area (Å²) in [5.41, 5.74) is 2.68. The van der Waals surface area contributed by atoms with Gasteiger partial charge in [-0.3, -0.25) is 4.79 Å². The van der Waals surface area contributed by atoms with Crippen LogP contribution in [0.15, 0.2) is 48.5 Å². The van der Waals surface area contributed by atoms with Crippen molar-refractivity contribution in [2.45, 2.75) is 19.4 Å². The van der Waals surface area contributed by atoms with Gasteiger partial charge in [-0.05, 0) is 43.2 Å². The zero-order valence-corrected chi connectivity index (χ0v) is 12.3. The number of hydrogen-bond acceptors (Lipinski definition) is 3. The van der Waals surface area contributed by atoms with E-state index in [1.807, 2.05) is 25.1 Å².